The summed E-state index contributed by atoms with van der Waals surface area (Å²) in [5.74, 6) is -1.58. The number of nitrogens with one attached hydrogen (secondary N) is 3. The molecule has 2 rings (SSSR count). The molecule has 0 atom stereocenters. The second-order valence-corrected chi connectivity index (χ2v) is 6.66. The smallest absolute Gasteiger partial charge is 0.257 e. The van der Waals surface area contributed by atoms with E-state index in [9.17, 15) is 18.8 Å². The zero-order chi connectivity index (χ0) is 21.2. The molecule has 0 aromatic heterocycles. The lowest BCUT2D eigenvalue weighted by Crippen LogP contribution is -2.46. The van der Waals surface area contributed by atoms with Crippen molar-refractivity contribution in [1.82, 2.24) is 16.2 Å². The normalized spacial score (nSPS) is 10.2. The summed E-state index contributed by atoms with van der Waals surface area (Å²) in [6.07, 6.45) is 0.495. The van der Waals surface area contributed by atoms with Crippen molar-refractivity contribution in [3.05, 3.63) is 63.9 Å². The Morgan fingerprint density at radius 3 is 2.34 bits per heavy atom. The standard InChI is InChI=1S/C19H18Cl2FN3O4/c20-13-5-8-16(15(21)10-13)29-9-1-2-17(26)24-25-18(27)11-23-19(28)12-3-6-14(22)7-4-12/h3-8,10H,1-2,9,11H2,(H,23,28)(H,24,26)(H,25,27). The average molecular weight is 442 g/mol. The highest BCUT2D eigenvalue weighted by molar-refractivity contribution is 6.35. The predicted molar refractivity (Wildman–Crippen MR) is 106 cm³/mol. The lowest BCUT2D eigenvalue weighted by molar-refractivity contribution is -0.128. The Morgan fingerprint density at radius 2 is 1.66 bits per heavy atom. The molecule has 29 heavy (non-hydrogen) atoms. The van der Waals surface area contributed by atoms with E-state index in [0.717, 1.165) is 12.1 Å². The van der Waals surface area contributed by atoms with Gasteiger partial charge in [-0.25, -0.2) is 4.39 Å². The number of carbonyl (C=O) groups excluding carboxylic acids is 3. The first-order valence-corrected chi connectivity index (χ1v) is 9.30. The van der Waals surface area contributed by atoms with Crippen LogP contribution < -0.4 is 20.9 Å². The number of ether oxygens (including phenoxy) is 1. The molecule has 0 saturated carbocycles. The summed E-state index contributed by atoms with van der Waals surface area (Å²) in [5, 5.41) is 3.22. The van der Waals surface area contributed by atoms with Crippen LogP contribution in [0.2, 0.25) is 10.0 Å². The molecule has 2 aromatic carbocycles. The van der Waals surface area contributed by atoms with E-state index in [0.29, 0.717) is 22.2 Å². The Kier molecular flexibility index (Phi) is 8.69. The number of rotatable bonds is 8. The van der Waals surface area contributed by atoms with Crippen molar-refractivity contribution in [3.63, 3.8) is 0 Å². The molecule has 3 N–H and O–H groups in total. The minimum atomic E-state index is -0.613. The molecular weight excluding hydrogens is 424 g/mol. The molecule has 7 nitrogen and oxygen atoms in total. The molecule has 0 bridgehead atoms. The summed E-state index contributed by atoms with van der Waals surface area (Å²) < 4.78 is 18.3. The number of carbonyl (C=O) groups is 3. The van der Waals surface area contributed by atoms with Gasteiger partial charge in [-0.2, -0.15) is 0 Å². The van der Waals surface area contributed by atoms with Crippen molar-refractivity contribution in [2.24, 2.45) is 0 Å². The molecular formula is C19H18Cl2FN3O4. The Balaban J connectivity index is 1.60. The Bertz CT molecular complexity index is 878. The van der Waals surface area contributed by atoms with Gasteiger partial charge in [0.25, 0.3) is 11.8 Å². The number of hydrogen-bond donors (Lipinski definition) is 3. The van der Waals surface area contributed by atoms with Gasteiger partial charge in [0, 0.05) is 17.0 Å². The fourth-order valence-corrected chi connectivity index (χ4v) is 2.58. The fraction of sp³-hybridized carbons (Fsp3) is 0.211. The van der Waals surface area contributed by atoms with E-state index >= 15 is 0 Å². The van der Waals surface area contributed by atoms with Gasteiger partial charge in [-0.15, -0.1) is 0 Å². The van der Waals surface area contributed by atoms with Crippen LogP contribution in [0, 0.1) is 5.82 Å². The second-order valence-electron chi connectivity index (χ2n) is 5.81. The van der Waals surface area contributed by atoms with E-state index < -0.39 is 23.5 Å². The summed E-state index contributed by atoms with van der Waals surface area (Å²) in [4.78, 5) is 35.2. The van der Waals surface area contributed by atoms with Crippen molar-refractivity contribution in [1.29, 1.82) is 0 Å². The van der Waals surface area contributed by atoms with Crippen LogP contribution in [0.1, 0.15) is 23.2 Å². The maximum absolute atomic E-state index is 12.8. The second kappa shape index (κ2) is 11.2. The third-order valence-corrected chi connectivity index (χ3v) is 4.09. The molecule has 0 aliphatic heterocycles. The van der Waals surface area contributed by atoms with Crippen LogP contribution in [0.25, 0.3) is 0 Å². The lowest BCUT2D eigenvalue weighted by Gasteiger charge is -2.10. The zero-order valence-electron chi connectivity index (χ0n) is 15.1. The number of benzene rings is 2. The van der Waals surface area contributed by atoms with E-state index in [4.69, 9.17) is 27.9 Å². The highest BCUT2D eigenvalue weighted by Crippen LogP contribution is 2.27. The van der Waals surface area contributed by atoms with Crippen LogP contribution >= 0.6 is 23.2 Å². The monoisotopic (exact) mass is 441 g/mol. The molecule has 3 amide bonds. The summed E-state index contributed by atoms with van der Waals surface area (Å²) in [7, 11) is 0. The van der Waals surface area contributed by atoms with Crippen LogP contribution in [0.5, 0.6) is 5.75 Å². The molecule has 154 valence electrons. The molecule has 0 fully saturated rings. The van der Waals surface area contributed by atoms with Gasteiger partial charge >= 0.3 is 0 Å². The number of hydrogen-bond acceptors (Lipinski definition) is 4. The van der Waals surface area contributed by atoms with E-state index in [1.807, 2.05) is 0 Å². The van der Waals surface area contributed by atoms with Crippen LogP contribution in [0.4, 0.5) is 4.39 Å². The SMILES string of the molecule is O=C(CCCOc1ccc(Cl)cc1Cl)NNC(=O)CNC(=O)c1ccc(F)cc1. The fourth-order valence-electron chi connectivity index (χ4n) is 2.12. The first kappa shape index (κ1) is 22.4. The van der Waals surface area contributed by atoms with Crippen molar-refractivity contribution >= 4 is 40.9 Å². The molecule has 0 unspecified atom stereocenters. The van der Waals surface area contributed by atoms with Crippen LogP contribution in [-0.4, -0.2) is 30.9 Å². The van der Waals surface area contributed by atoms with Gasteiger partial charge in [-0.1, -0.05) is 23.2 Å². The first-order chi connectivity index (χ1) is 13.8. The summed E-state index contributed by atoms with van der Waals surface area (Å²) in [6, 6.07) is 9.69. The van der Waals surface area contributed by atoms with Crippen molar-refractivity contribution in [2.75, 3.05) is 13.2 Å². The highest BCUT2D eigenvalue weighted by atomic mass is 35.5. The molecule has 0 spiro atoms. The van der Waals surface area contributed by atoms with E-state index in [1.165, 1.54) is 12.1 Å². The molecule has 0 radical (unpaired) electrons. The van der Waals surface area contributed by atoms with Gasteiger partial charge in [-0.05, 0) is 48.9 Å². The van der Waals surface area contributed by atoms with Gasteiger partial charge in [-0.3, -0.25) is 25.2 Å². The van der Waals surface area contributed by atoms with Crippen molar-refractivity contribution < 1.29 is 23.5 Å². The molecule has 0 aliphatic rings. The lowest BCUT2D eigenvalue weighted by atomic mass is 10.2. The molecule has 0 saturated heterocycles. The molecule has 0 heterocycles. The highest BCUT2D eigenvalue weighted by Gasteiger charge is 2.09. The summed E-state index contributed by atoms with van der Waals surface area (Å²) in [6.45, 7) is -0.106. The summed E-state index contributed by atoms with van der Waals surface area (Å²) >= 11 is 11.8. The molecule has 10 heteroatoms. The summed E-state index contributed by atoms with van der Waals surface area (Å²) in [5.41, 5.74) is 4.63. The van der Waals surface area contributed by atoms with E-state index in [-0.39, 0.29) is 25.1 Å². The minimum Gasteiger partial charge on any atom is -0.492 e. The first-order valence-electron chi connectivity index (χ1n) is 8.54. The maximum Gasteiger partial charge on any atom is 0.257 e. The average Bonchev–Trinajstić information content (AvgIpc) is 2.69. The van der Waals surface area contributed by atoms with E-state index in [1.54, 1.807) is 18.2 Å². The Morgan fingerprint density at radius 1 is 0.966 bits per heavy atom. The zero-order valence-corrected chi connectivity index (χ0v) is 16.6. The van der Waals surface area contributed by atoms with Crippen LogP contribution in [-0.2, 0) is 9.59 Å². The van der Waals surface area contributed by atoms with Gasteiger partial charge in [0.1, 0.15) is 11.6 Å². The van der Waals surface area contributed by atoms with Crippen molar-refractivity contribution in [2.45, 2.75) is 12.8 Å². The topological polar surface area (TPSA) is 96.5 Å². The number of amides is 3. The van der Waals surface area contributed by atoms with Gasteiger partial charge in [0.2, 0.25) is 5.91 Å². The third-order valence-electron chi connectivity index (χ3n) is 3.56. The molecule has 2 aromatic rings. The minimum absolute atomic E-state index is 0.105. The quantitative estimate of drug-likeness (QED) is 0.433. The van der Waals surface area contributed by atoms with Crippen LogP contribution in [0.15, 0.2) is 42.5 Å². The van der Waals surface area contributed by atoms with E-state index in [2.05, 4.69) is 16.2 Å². The predicted octanol–water partition coefficient (Wildman–Crippen LogP) is 2.87. The number of hydrazine groups is 1. The van der Waals surface area contributed by atoms with Gasteiger partial charge < -0.3 is 10.1 Å². The largest absolute Gasteiger partial charge is 0.492 e. The van der Waals surface area contributed by atoms with Crippen molar-refractivity contribution in [3.8, 4) is 5.75 Å². The van der Waals surface area contributed by atoms with Gasteiger partial charge in [0.15, 0.2) is 0 Å². The van der Waals surface area contributed by atoms with Crippen LogP contribution in [0.3, 0.4) is 0 Å². The Hall–Kier alpha value is -2.84. The Labute approximate surface area is 176 Å². The molecule has 0 aliphatic carbocycles. The van der Waals surface area contributed by atoms with Gasteiger partial charge in [0.05, 0.1) is 18.2 Å². The maximum atomic E-state index is 12.8. The number of halogens is 3. The third kappa shape index (κ3) is 7.97.